The molecule has 12 heavy (non-hydrogen) atoms. The third-order valence-electron chi connectivity index (χ3n) is 1.76. The summed E-state index contributed by atoms with van der Waals surface area (Å²) in [6.45, 7) is 1.86. The zero-order valence-electron chi connectivity index (χ0n) is 6.46. The van der Waals surface area contributed by atoms with Gasteiger partial charge in [0.2, 0.25) is 0 Å². The van der Waals surface area contributed by atoms with Crippen LogP contribution < -0.4 is 10.1 Å². The Kier molecular flexibility index (Phi) is 2.28. The van der Waals surface area contributed by atoms with Crippen LogP contribution in [0.25, 0.3) is 0 Å². The summed E-state index contributed by atoms with van der Waals surface area (Å²) in [5.74, 6) is 0.823. The maximum absolute atomic E-state index is 5.61. The van der Waals surface area contributed by atoms with Crippen LogP contribution in [0.4, 0.5) is 0 Å². The molecular weight excluding hydrogens is 220 g/mol. The van der Waals surface area contributed by atoms with Gasteiger partial charge in [-0.15, -0.1) is 0 Å². The van der Waals surface area contributed by atoms with Crippen LogP contribution in [-0.4, -0.2) is 24.2 Å². The van der Waals surface area contributed by atoms with Crippen molar-refractivity contribution in [2.75, 3.05) is 13.1 Å². The van der Waals surface area contributed by atoms with Gasteiger partial charge in [-0.1, -0.05) is 0 Å². The molecule has 1 aromatic rings. The van der Waals surface area contributed by atoms with E-state index < -0.39 is 0 Å². The third kappa shape index (κ3) is 1.59. The number of hydrogen-bond donors (Lipinski definition) is 1. The molecule has 0 spiro atoms. The summed E-state index contributed by atoms with van der Waals surface area (Å²) in [5.41, 5.74) is 0. The first-order valence-corrected chi connectivity index (χ1v) is 4.63. The van der Waals surface area contributed by atoms with E-state index in [-0.39, 0.29) is 0 Å². The van der Waals surface area contributed by atoms with Crippen molar-refractivity contribution in [3.05, 3.63) is 22.9 Å². The van der Waals surface area contributed by atoms with E-state index in [0.717, 1.165) is 23.4 Å². The van der Waals surface area contributed by atoms with E-state index in [1.807, 2.05) is 12.1 Å². The predicted octanol–water partition coefficient (Wildman–Crippen LogP) is 1.19. The minimum atomic E-state index is 0.311. The number of aromatic nitrogens is 1. The van der Waals surface area contributed by atoms with Crippen molar-refractivity contribution >= 4 is 15.9 Å². The van der Waals surface area contributed by atoms with Gasteiger partial charge in [0.25, 0.3) is 0 Å². The summed E-state index contributed by atoms with van der Waals surface area (Å²) in [4.78, 5) is 4.06. The molecule has 2 rings (SSSR count). The lowest BCUT2D eigenvalue weighted by Gasteiger charge is -2.27. The van der Waals surface area contributed by atoms with Crippen molar-refractivity contribution in [2.24, 2.45) is 0 Å². The second kappa shape index (κ2) is 3.41. The zero-order valence-corrected chi connectivity index (χ0v) is 8.04. The maximum atomic E-state index is 5.61. The van der Waals surface area contributed by atoms with Crippen LogP contribution in [0.3, 0.4) is 0 Å². The topological polar surface area (TPSA) is 34.1 Å². The quantitative estimate of drug-likeness (QED) is 0.773. The van der Waals surface area contributed by atoms with E-state index in [1.54, 1.807) is 6.20 Å². The molecule has 1 N–H and O–H groups in total. The fourth-order valence-corrected chi connectivity index (χ4v) is 1.33. The molecule has 1 fully saturated rings. The van der Waals surface area contributed by atoms with Crippen molar-refractivity contribution in [1.29, 1.82) is 0 Å². The Morgan fingerprint density at radius 3 is 3.00 bits per heavy atom. The summed E-state index contributed by atoms with van der Waals surface area (Å²) >= 11 is 3.32. The number of ether oxygens (including phenoxy) is 1. The molecule has 2 heterocycles. The Bertz CT molecular complexity index is 276. The molecule has 0 aliphatic carbocycles. The summed E-state index contributed by atoms with van der Waals surface area (Å²) in [5, 5.41) is 3.14. The van der Waals surface area contributed by atoms with Crippen LogP contribution in [0.15, 0.2) is 22.9 Å². The van der Waals surface area contributed by atoms with E-state index in [4.69, 9.17) is 4.74 Å². The lowest BCUT2D eigenvalue weighted by molar-refractivity contribution is 0.140. The number of hydrogen-bond acceptors (Lipinski definition) is 3. The van der Waals surface area contributed by atoms with E-state index >= 15 is 0 Å². The summed E-state index contributed by atoms with van der Waals surface area (Å²) in [6, 6.07) is 3.78. The van der Waals surface area contributed by atoms with Crippen LogP contribution in [0.1, 0.15) is 0 Å². The van der Waals surface area contributed by atoms with E-state index in [2.05, 4.69) is 26.2 Å². The molecule has 0 amide bonds. The van der Waals surface area contributed by atoms with Gasteiger partial charge in [-0.05, 0) is 28.1 Å². The lowest BCUT2D eigenvalue weighted by atomic mass is 10.2. The molecule has 1 aromatic heterocycles. The Morgan fingerprint density at radius 1 is 1.58 bits per heavy atom. The van der Waals surface area contributed by atoms with Gasteiger partial charge in [-0.25, -0.2) is 4.98 Å². The van der Waals surface area contributed by atoms with E-state index in [0.29, 0.717) is 6.10 Å². The van der Waals surface area contributed by atoms with Crippen LogP contribution in [0, 0.1) is 0 Å². The molecule has 0 saturated carbocycles. The van der Waals surface area contributed by atoms with Crippen molar-refractivity contribution in [3.63, 3.8) is 0 Å². The van der Waals surface area contributed by atoms with Gasteiger partial charge < -0.3 is 10.1 Å². The van der Waals surface area contributed by atoms with Crippen molar-refractivity contribution in [2.45, 2.75) is 6.10 Å². The molecule has 0 bridgehead atoms. The molecule has 4 heteroatoms. The summed E-state index contributed by atoms with van der Waals surface area (Å²) in [6.07, 6.45) is 2.04. The minimum absolute atomic E-state index is 0.311. The number of nitrogens with one attached hydrogen (secondary N) is 1. The van der Waals surface area contributed by atoms with Gasteiger partial charge in [0.05, 0.1) is 0 Å². The van der Waals surface area contributed by atoms with Gasteiger partial charge in [-0.2, -0.15) is 0 Å². The molecule has 1 saturated heterocycles. The molecule has 64 valence electrons. The van der Waals surface area contributed by atoms with Crippen LogP contribution in [0.2, 0.25) is 0 Å². The molecule has 0 atom stereocenters. The standard InChI is InChI=1S/C8H9BrN2O/c9-8-7(2-1-3-11-8)12-6-4-10-5-6/h1-3,6,10H,4-5H2. The number of pyridine rings is 1. The van der Waals surface area contributed by atoms with Gasteiger partial charge in [0.1, 0.15) is 10.7 Å². The summed E-state index contributed by atoms with van der Waals surface area (Å²) < 4.78 is 6.38. The molecular formula is C8H9BrN2O. The van der Waals surface area contributed by atoms with Gasteiger partial charge in [-0.3, -0.25) is 0 Å². The maximum Gasteiger partial charge on any atom is 0.152 e. The normalized spacial score (nSPS) is 17.1. The number of nitrogens with zero attached hydrogens (tertiary/aromatic N) is 1. The fourth-order valence-electron chi connectivity index (χ4n) is 0.984. The first kappa shape index (κ1) is 8.01. The summed E-state index contributed by atoms with van der Waals surface area (Å²) in [7, 11) is 0. The predicted molar refractivity (Wildman–Crippen MR) is 49.2 cm³/mol. The highest BCUT2D eigenvalue weighted by Gasteiger charge is 2.19. The van der Waals surface area contributed by atoms with Crippen molar-refractivity contribution in [1.82, 2.24) is 10.3 Å². The highest BCUT2D eigenvalue weighted by molar-refractivity contribution is 9.10. The van der Waals surface area contributed by atoms with Gasteiger partial charge >= 0.3 is 0 Å². The van der Waals surface area contributed by atoms with Crippen LogP contribution >= 0.6 is 15.9 Å². The Labute approximate surface area is 79.3 Å². The Balaban J connectivity index is 2.06. The Hall–Kier alpha value is -0.610. The van der Waals surface area contributed by atoms with Gasteiger partial charge in [0, 0.05) is 19.3 Å². The molecule has 1 aliphatic rings. The van der Waals surface area contributed by atoms with Crippen LogP contribution in [-0.2, 0) is 0 Å². The number of rotatable bonds is 2. The third-order valence-corrected chi connectivity index (χ3v) is 2.36. The molecule has 0 radical (unpaired) electrons. The van der Waals surface area contributed by atoms with E-state index in [1.165, 1.54) is 0 Å². The molecule has 1 aliphatic heterocycles. The lowest BCUT2D eigenvalue weighted by Crippen LogP contribution is -2.50. The van der Waals surface area contributed by atoms with Gasteiger partial charge in [0.15, 0.2) is 5.75 Å². The SMILES string of the molecule is Brc1ncccc1OC1CNC1. The minimum Gasteiger partial charge on any atom is -0.485 e. The molecule has 0 unspecified atom stereocenters. The number of halogens is 1. The second-order valence-electron chi connectivity index (χ2n) is 2.69. The second-order valence-corrected chi connectivity index (χ2v) is 3.44. The average molecular weight is 229 g/mol. The first-order chi connectivity index (χ1) is 5.86. The molecule has 3 nitrogen and oxygen atoms in total. The first-order valence-electron chi connectivity index (χ1n) is 3.84. The smallest absolute Gasteiger partial charge is 0.152 e. The van der Waals surface area contributed by atoms with Crippen LogP contribution in [0.5, 0.6) is 5.75 Å². The average Bonchev–Trinajstić information content (AvgIpc) is 2.00. The van der Waals surface area contributed by atoms with Crippen molar-refractivity contribution < 1.29 is 4.74 Å². The zero-order chi connectivity index (χ0) is 8.39. The highest BCUT2D eigenvalue weighted by atomic mass is 79.9. The fraction of sp³-hybridized carbons (Fsp3) is 0.375. The van der Waals surface area contributed by atoms with Crippen molar-refractivity contribution in [3.8, 4) is 5.75 Å². The largest absolute Gasteiger partial charge is 0.485 e. The highest BCUT2D eigenvalue weighted by Crippen LogP contribution is 2.22. The molecule has 0 aromatic carbocycles. The Morgan fingerprint density at radius 2 is 2.42 bits per heavy atom. The van der Waals surface area contributed by atoms with E-state index in [9.17, 15) is 0 Å². The monoisotopic (exact) mass is 228 g/mol.